The average Bonchev–Trinajstić information content (AvgIpc) is 2.59. The van der Waals surface area contributed by atoms with Crippen molar-refractivity contribution in [3.05, 3.63) is 65.2 Å². The molecule has 23 heavy (non-hydrogen) atoms. The van der Waals surface area contributed by atoms with Gasteiger partial charge in [0.1, 0.15) is 12.4 Å². The highest BCUT2D eigenvalue weighted by atomic mass is 35.5. The molecule has 0 unspecified atom stereocenters. The molecule has 0 radical (unpaired) electrons. The topological polar surface area (TPSA) is 70.6 Å². The molecule has 0 aliphatic heterocycles. The predicted octanol–water partition coefficient (Wildman–Crippen LogP) is 2.75. The van der Waals surface area contributed by atoms with Gasteiger partial charge in [0.05, 0.1) is 19.2 Å². The summed E-state index contributed by atoms with van der Waals surface area (Å²) in [5, 5.41) is 15.4. The number of aliphatic hydroxyl groups is 1. The van der Waals surface area contributed by atoms with E-state index in [1.165, 1.54) is 0 Å². The molecule has 2 aromatic carbocycles. The number of halogens is 1. The van der Waals surface area contributed by atoms with Gasteiger partial charge in [-0.15, -0.1) is 0 Å². The molecule has 0 aliphatic rings. The van der Waals surface area contributed by atoms with Gasteiger partial charge in [0.2, 0.25) is 0 Å². The molecule has 122 valence electrons. The first-order valence-electron chi connectivity index (χ1n) is 7.27. The van der Waals surface area contributed by atoms with Crippen LogP contribution in [0.3, 0.4) is 0 Å². The van der Waals surface area contributed by atoms with Gasteiger partial charge in [0.25, 0.3) is 0 Å². The zero-order chi connectivity index (χ0) is 16.5. The lowest BCUT2D eigenvalue weighted by Gasteiger charge is -2.17. The van der Waals surface area contributed by atoms with Crippen molar-refractivity contribution in [2.75, 3.05) is 19.8 Å². The van der Waals surface area contributed by atoms with E-state index in [2.05, 4.69) is 10.6 Å². The number of carbonyl (C=O) groups is 1. The fraction of sp³-hybridized carbons (Fsp3) is 0.235. The second-order valence-electron chi connectivity index (χ2n) is 4.85. The van der Waals surface area contributed by atoms with Gasteiger partial charge in [0.15, 0.2) is 0 Å². The quantitative estimate of drug-likeness (QED) is 0.682. The van der Waals surface area contributed by atoms with E-state index in [1.54, 1.807) is 24.3 Å². The number of nitrogens with one attached hydrogen (secondary N) is 2. The minimum atomic E-state index is -0.437. The second-order valence-corrected chi connectivity index (χ2v) is 5.28. The highest BCUT2D eigenvalue weighted by Gasteiger charge is 2.12. The van der Waals surface area contributed by atoms with Crippen LogP contribution in [0, 0.1) is 0 Å². The van der Waals surface area contributed by atoms with Gasteiger partial charge < -0.3 is 20.5 Å². The molecule has 0 bridgehead atoms. The molecule has 0 fully saturated rings. The Kier molecular flexibility index (Phi) is 6.72. The second kappa shape index (κ2) is 9.02. The number of hydrogen-bond acceptors (Lipinski definition) is 3. The fourth-order valence-corrected chi connectivity index (χ4v) is 2.12. The SMILES string of the molecule is O=C(NCCOc1ccc(Cl)cc1)N[C@H](CO)c1ccccc1. The largest absolute Gasteiger partial charge is 0.492 e. The van der Waals surface area contributed by atoms with Crippen LogP contribution in [0.2, 0.25) is 5.02 Å². The van der Waals surface area contributed by atoms with E-state index in [1.807, 2.05) is 30.3 Å². The molecular formula is C17H19ClN2O3. The maximum atomic E-state index is 11.8. The molecule has 1 atom stereocenters. The lowest BCUT2D eigenvalue weighted by molar-refractivity contribution is 0.214. The van der Waals surface area contributed by atoms with E-state index in [0.29, 0.717) is 23.9 Å². The van der Waals surface area contributed by atoms with E-state index >= 15 is 0 Å². The number of ether oxygens (including phenoxy) is 1. The number of benzene rings is 2. The van der Waals surface area contributed by atoms with Gasteiger partial charge in [-0.3, -0.25) is 0 Å². The number of rotatable bonds is 7. The van der Waals surface area contributed by atoms with Gasteiger partial charge in [0, 0.05) is 5.02 Å². The van der Waals surface area contributed by atoms with Crippen LogP contribution in [0.4, 0.5) is 4.79 Å². The Morgan fingerprint density at radius 2 is 1.83 bits per heavy atom. The van der Waals surface area contributed by atoms with Crippen LogP contribution in [0.25, 0.3) is 0 Å². The Balaban J connectivity index is 1.71. The highest BCUT2D eigenvalue weighted by Crippen LogP contribution is 2.15. The third-order valence-corrected chi connectivity index (χ3v) is 3.41. The Morgan fingerprint density at radius 3 is 2.48 bits per heavy atom. The lowest BCUT2D eigenvalue weighted by atomic mass is 10.1. The third kappa shape index (κ3) is 5.81. The van der Waals surface area contributed by atoms with Gasteiger partial charge >= 0.3 is 6.03 Å². The number of aliphatic hydroxyl groups excluding tert-OH is 1. The van der Waals surface area contributed by atoms with Crippen LogP contribution in [0.5, 0.6) is 5.75 Å². The van der Waals surface area contributed by atoms with Crippen molar-refractivity contribution < 1.29 is 14.6 Å². The van der Waals surface area contributed by atoms with Gasteiger partial charge in [-0.05, 0) is 29.8 Å². The van der Waals surface area contributed by atoms with Crippen molar-refractivity contribution in [1.29, 1.82) is 0 Å². The lowest BCUT2D eigenvalue weighted by Crippen LogP contribution is -2.40. The Labute approximate surface area is 140 Å². The Morgan fingerprint density at radius 1 is 1.13 bits per heavy atom. The standard InChI is InChI=1S/C17H19ClN2O3/c18-14-6-8-15(9-7-14)23-11-10-19-17(22)20-16(12-21)13-4-2-1-3-5-13/h1-9,16,21H,10-12H2,(H2,19,20,22)/t16-/m1/s1. The van der Waals surface area contributed by atoms with Crippen LogP contribution in [-0.2, 0) is 0 Å². The summed E-state index contributed by atoms with van der Waals surface area (Å²) < 4.78 is 5.48. The van der Waals surface area contributed by atoms with Crippen LogP contribution in [0.1, 0.15) is 11.6 Å². The molecular weight excluding hydrogens is 316 g/mol. The molecule has 0 aliphatic carbocycles. The van der Waals surface area contributed by atoms with Crippen LogP contribution < -0.4 is 15.4 Å². The molecule has 2 aromatic rings. The predicted molar refractivity (Wildman–Crippen MR) is 89.8 cm³/mol. The number of carbonyl (C=O) groups excluding carboxylic acids is 1. The van der Waals surface area contributed by atoms with E-state index in [-0.39, 0.29) is 12.6 Å². The summed E-state index contributed by atoms with van der Waals surface area (Å²) in [6.07, 6.45) is 0. The smallest absolute Gasteiger partial charge is 0.315 e. The van der Waals surface area contributed by atoms with Gasteiger partial charge in [-0.2, -0.15) is 0 Å². The van der Waals surface area contributed by atoms with E-state index < -0.39 is 6.04 Å². The summed E-state index contributed by atoms with van der Waals surface area (Å²) >= 11 is 5.79. The fourth-order valence-electron chi connectivity index (χ4n) is 1.99. The van der Waals surface area contributed by atoms with Crippen molar-refractivity contribution in [2.45, 2.75) is 6.04 Å². The summed E-state index contributed by atoms with van der Waals surface area (Å²) in [5.74, 6) is 0.689. The normalized spacial score (nSPS) is 11.6. The van der Waals surface area contributed by atoms with E-state index in [4.69, 9.17) is 16.3 Å². The first-order valence-corrected chi connectivity index (χ1v) is 7.65. The third-order valence-electron chi connectivity index (χ3n) is 3.16. The number of hydrogen-bond donors (Lipinski definition) is 3. The monoisotopic (exact) mass is 334 g/mol. The molecule has 2 amide bonds. The molecule has 0 saturated heterocycles. The zero-order valence-electron chi connectivity index (χ0n) is 12.5. The van der Waals surface area contributed by atoms with E-state index in [0.717, 1.165) is 5.56 Å². The summed E-state index contributed by atoms with van der Waals surface area (Å²) in [5.41, 5.74) is 0.850. The maximum absolute atomic E-state index is 11.8. The van der Waals surface area contributed by atoms with Crippen molar-refractivity contribution in [3.8, 4) is 5.75 Å². The minimum Gasteiger partial charge on any atom is -0.492 e. The van der Waals surface area contributed by atoms with Gasteiger partial charge in [-0.1, -0.05) is 41.9 Å². The van der Waals surface area contributed by atoms with Crippen LogP contribution >= 0.6 is 11.6 Å². The summed E-state index contributed by atoms with van der Waals surface area (Å²) in [7, 11) is 0. The van der Waals surface area contributed by atoms with Gasteiger partial charge in [-0.25, -0.2) is 4.79 Å². The van der Waals surface area contributed by atoms with Crippen molar-refractivity contribution in [2.24, 2.45) is 0 Å². The molecule has 3 N–H and O–H groups in total. The number of amides is 2. The Bertz CT molecular complexity index is 605. The van der Waals surface area contributed by atoms with Crippen molar-refractivity contribution >= 4 is 17.6 Å². The molecule has 0 aromatic heterocycles. The molecule has 0 spiro atoms. The molecule has 0 heterocycles. The molecule has 2 rings (SSSR count). The van der Waals surface area contributed by atoms with Crippen molar-refractivity contribution in [1.82, 2.24) is 10.6 Å². The van der Waals surface area contributed by atoms with Crippen LogP contribution in [-0.4, -0.2) is 30.9 Å². The summed E-state index contributed by atoms with van der Waals surface area (Å²) in [4.78, 5) is 11.8. The van der Waals surface area contributed by atoms with E-state index in [9.17, 15) is 9.90 Å². The minimum absolute atomic E-state index is 0.168. The summed E-state index contributed by atoms with van der Waals surface area (Å²) in [6.45, 7) is 0.518. The Hall–Kier alpha value is -2.24. The molecule has 6 heteroatoms. The molecule has 5 nitrogen and oxygen atoms in total. The highest BCUT2D eigenvalue weighted by molar-refractivity contribution is 6.30. The molecule has 0 saturated carbocycles. The average molecular weight is 335 g/mol. The number of urea groups is 1. The van der Waals surface area contributed by atoms with Crippen LogP contribution in [0.15, 0.2) is 54.6 Å². The summed E-state index contributed by atoms with van der Waals surface area (Å²) in [6, 6.07) is 15.5. The zero-order valence-corrected chi connectivity index (χ0v) is 13.3. The first kappa shape index (κ1) is 17.1. The maximum Gasteiger partial charge on any atom is 0.315 e. The first-order chi connectivity index (χ1) is 11.2. The van der Waals surface area contributed by atoms with Crippen molar-refractivity contribution in [3.63, 3.8) is 0 Å².